The Labute approximate surface area is 119 Å². The van der Waals surface area contributed by atoms with Gasteiger partial charge in [0.25, 0.3) is 0 Å². The molecule has 1 unspecified atom stereocenters. The third-order valence-corrected chi connectivity index (χ3v) is 3.49. The molecule has 1 aromatic rings. The van der Waals surface area contributed by atoms with Crippen LogP contribution < -0.4 is 11.1 Å². The predicted molar refractivity (Wildman–Crippen MR) is 78.8 cm³/mol. The molecule has 1 heterocycles. The smallest absolute Gasteiger partial charge is 0.340 e. The van der Waals surface area contributed by atoms with E-state index in [4.69, 9.17) is 15.2 Å². The summed E-state index contributed by atoms with van der Waals surface area (Å²) in [4.78, 5) is 11.8. The van der Waals surface area contributed by atoms with Gasteiger partial charge in [-0.3, -0.25) is 0 Å². The molecule has 5 heteroatoms. The first kappa shape index (κ1) is 14.7. The molecule has 1 aromatic carbocycles. The summed E-state index contributed by atoms with van der Waals surface area (Å²) < 4.78 is 10.3. The lowest BCUT2D eigenvalue weighted by atomic mass is 10.1. The van der Waals surface area contributed by atoms with Crippen LogP contribution in [0.25, 0.3) is 0 Å². The highest BCUT2D eigenvalue weighted by Crippen LogP contribution is 2.24. The van der Waals surface area contributed by atoms with Crippen LogP contribution in [0.1, 0.15) is 30.1 Å². The Morgan fingerprint density at radius 2 is 2.40 bits per heavy atom. The van der Waals surface area contributed by atoms with Gasteiger partial charge in [0, 0.05) is 19.8 Å². The first-order chi connectivity index (χ1) is 9.72. The molecule has 5 nitrogen and oxygen atoms in total. The predicted octanol–water partition coefficient (Wildman–Crippen LogP) is 2.28. The highest BCUT2D eigenvalue weighted by molar-refractivity contribution is 5.98. The molecule has 0 amide bonds. The molecule has 1 fully saturated rings. The van der Waals surface area contributed by atoms with Crippen LogP contribution in [0.3, 0.4) is 0 Å². The monoisotopic (exact) mass is 278 g/mol. The largest absolute Gasteiger partial charge is 0.462 e. The normalized spacial score (nSPS) is 17.9. The molecule has 0 saturated carbocycles. The molecule has 110 valence electrons. The van der Waals surface area contributed by atoms with Crippen LogP contribution in [0.15, 0.2) is 18.2 Å². The van der Waals surface area contributed by atoms with Gasteiger partial charge in [-0.25, -0.2) is 4.79 Å². The fraction of sp³-hybridized carbons (Fsp3) is 0.533. The zero-order chi connectivity index (χ0) is 14.4. The van der Waals surface area contributed by atoms with E-state index in [1.165, 1.54) is 0 Å². The Balaban J connectivity index is 1.93. The van der Waals surface area contributed by atoms with Gasteiger partial charge in [-0.2, -0.15) is 0 Å². The number of hydrogen-bond acceptors (Lipinski definition) is 5. The van der Waals surface area contributed by atoms with Gasteiger partial charge in [0.2, 0.25) is 0 Å². The average Bonchev–Trinajstić information content (AvgIpc) is 2.94. The molecule has 0 radical (unpaired) electrons. The molecule has 2 rings (SSSR count). The van der Waals surface area contributed by atoms with E-state index in [9.17, 15) is 4.79 Å². The molecular weight excluding hydrogens is 256 g/mol. The van der Waals surface area contributed by atoms with Gasteiger partial charge < -0.3 is 20.5 Å². The number of nitrogen functional groups attached to an aromatic ring is 1. The molecule has 1 aliphatic heterocycles. The Bertz CT molecular complexity index is 456. The zero-order valence-electron chi connectivity index (χ0n) is 11.9. The van der Waals surface area contributed by atoms with Gasteiger partial charge in [0.1, 0.15) is 0 Å². The lowest BCUT2D eigenvalue weighted by Gasteiger charge is -2.13. The SMILES string of the molecule is CCOC(=O)c1cccc(NCCC2CCOC2)c1N. The maximum atomic E-state index is 11.8. The third kappa shape index (κ3) is 3.63. The summed E-state index contributed by atoms with van der Waals surface area (Å²) in [6.07, 6.45) is 2.17. The fourth-order valence-corrected chi connectivity index (χ4v) is 2.33. The number of ether oxygens (including phenoxy) is 2. The molecule has 20 heavy (non-hydrogen) atoms. The van der Waals surface area contributed by atoms with Crippen LogP contribution in [-0.4, -0.2) is 32.3 Å². The number of nitrogens with two attached hydrogens (primary N) is 1. The topological polar surface area (TPSA) is 73.6 Å². The second kappa shape index (κ2) is 7.14. The molecule has 0 bridgehead atoms. The lowest BCUT2D eigenvalue weighted by molar-refractivity contribution is 0.0527. The van der Waals surface area contributed by atoms with E-state index in [-0.39, 0.29) is 5.97 Å². The second-order valence-corrected chi connectivity index (χ2v) is 4.93. The van der Waals surface area contributed by atoms with Crippen LogP contribution in [0, 0.1) is 5.92 Å². The van der Waals surface area contributed by atoms with E-state index < -0.39 is 0 Å². The van der Waals surface area contributed by atoms with Crippen molar-refractivity contribution in [1.29, 1.82) is 0 Å². The molecule has 1 saturated heterocycles. The number of nitrogens with one attached hydrogen (secondary N) is 1. The Kier molecular flexibility index (Phi) is 5.24. The molecule has 1 atom stereocenters. The summed E-state index contributed by atoms with van der Waals surface area (Å²) in [5, 5.41) is 3.29. The number of para-hydroxylation sites is 1. The highest BCUT2D eigenvalue weighted by Gasteiger charge is 2.16. The highest BCUT2D eigenvalue weighted by atomic mass is 16.5. The van der Waals surface area contributed by atoms with Crippen molar-refractivity contribution in [2.45, 2.75) is 19.8 Å². The summed E-state index contributed by atoms with van der Waals surface area (Å²) in [7, 11) is 0. The van der Waals surface area contributed by atoms with E-state index in [0.717, 1.165) is 38.3 Å². The summed E-state index contributed by atoms with van der Waals surface area (Å²) in [6.45, 7) is 4.66. The molecular formula is C15H22N2O3. The maximum Gasteiger partial charge on any atom is 0.340 e. The van der Waals surface area contributed by atoms with Crippen molar-refractivity contribution in [1.82, 2.24) is 0 Å². The summed E-state index contributed by atoms with van der Waals surface area (Å²) >= 11 is 0. The van der Waals surface area contributed by atoms with Crippen molar-refractivity contribution in [2.24, 2.45) is 5.92 Å². The minimum Gasteiger partial charge on any atom is -0.462 e. The van der Waals surface area contributed by atoms with Crippen molar-refractivity contribution >= 4 is 17.3 Å². The Morgan fingerprint density at radius 3 is 3.10 bits per heavy atom. The van der Waals surface area contributed by atoms with Crippen molar-refractivity contribution < 1.29 is 14.3 Å². The van der Waals surface area contributed by atoms with Crippen LogP contribution >= 0.6 is 0 Å². The number of benzene rings is 1. The fourth-order valence-electron chi connectivity index (χ4n) is 2.33. The van der Waals surface area contributed by atoms with Crippen LogP contribution in [0.4, 0.5) is 11.4 Å². The van der Waals surface area contributed by atoms with E-state index in [0.29, 0.717) is 23.8 Å². The van der Waals surface area contributed by atoms with Gasteiger partial charge in [0.15, 0.2) is 0 Å². The summed E-state index contributed by atoms with van der Waals surface area (Å²) in [6, 6.07) is 5.37. The maximum absolute atomic E-state index is 11.8. The van der Waals surface area contributed by atoms with Crippen molar-refractivity contribution in [2.75, 3.05) is 37.4 Å². The van der Waals surface area contributed by atoms with Gasteiger partial charge in [0.05, 0.1) is 23.5 Å². The van der Waals surface area contributed by atoms with Crippen LogP contribution in [-0.2, 0) is 9.47 Å². The molecule has 1 aliphatic rings. The molecule has 0 aromatic heterocycles. The van der Waals surface area contributed by atoms with Crippen LogP contribution in [0.2, 0.25) is 0 Å². The standard InChI is InChI=1S/C15H22N2O3/c1-2-20-15(18)12-4-3-5-13(14(12)16)17-8-6-11-7-9-19-10-11/h3-5,11,17H,2,6-10,16H2,1H3. The molecule has 0 spiro atoms. The van der Waals surface area contributed by atoms with Gasteiger partial charge in [-0.15, -0.1) is 0 Å². The van der Waals surface area contributed by atoms with Crippen LogP contribution in [0.5, 0.6) is 0 Å². The number of anilines is 2. The minimum atomic E-state index is -0.377. The first-order valence-corrected chi connectivity index (χ1v) is 7.09. The van der Waals surface area contributed by atoms with E-state index in [1.54, 1.807) is 13.0 Å². The minimum absolute atomic E-state index is 0.345. The molecule has 0 aliphatic carbocycles. The summed E-state index contributed by atoms with van der Waals surface area (Å²) in [5.74, 6) is 0.245. The number of esters is 1. The lowest BCUT2D eigenvalue weighted by Crippen LogP contribution is -2.13. The zero-order valence-corrected chi connectivity index (χ0v) is 11.9. The van der Waals surface area contributed by atoms with Gasteiger partial charge in [-0.05, 0) is 37.8 Å². The quantitative estimate of drug-likeness (QED) is 0.617. The van der Waals surface area contributed by atoms with Crippen molar-refractivity contribution in [3.05, 3.63) is 23.8 Å². The summed E-state index contributed by atoms with van der Waals surface area (Å²) in [5.41, 5.74) is 7.68. The molecule has 3 N–H and O–H groups in total. The van der Waals surface area contributed by atoms with Gasteiger partial charge in [-0.1, -0.05) is 6.07 Å². The second-order valence-electron chi connectivity index (χ2n) is 4.93. The third-order valence-electron chi connectivity index (χ3n) is 3.49. The van der Waals surface area contributed by atoms with E-state index in [2.05, 4.69) is 5.32 Å². The first-order valence-electron chi connectivity index (χ1n) is 7.09. The Morgan fingerprint density at radius 1 is 1.55 bits per heavy atom. The number of hydrogen-bond donors (Lipinski definition) is 2. The van der Waals surface area contributed by atoms with E-state index >= 15 is 0 Å². The Hall–Kier alpha value is -1.75. The number of carbonyl (C=O) groups is 1. The average molecular weight is 278 g/mol. The number of rotatable bonds is 6. The van der Waals surface area contributed by atoms with Crippen molar-refractivity contribution in [3.63, 3.8) is 0 Å². The van der Waals surface area contributed by atoms with E-state index in [1.807, 2.05) is 12.1 Å². The number of carbonyl (C=O) groups excluding carboxylic acids is 1. The van der Waals surface area contributed by atoms with Crippen molar-refractivity contribution in [3.8, 4) is 0 Å². The van der Waals surface area contributed by atoms with Gasteiger partial charge >= 0.3 is 5.97 Å².